The zero-order valence-electron chi connectivity index (χ0n) is 10.8. The molecule has 5 heteroatoms. The van der Waals surface area contributed by atoms with E-state index >= 15 is 0 Å². The van der Waals surface area contributed by atoms with Crippen LogP contribution in [0, 0.1) is 6.92 Å². The van der Waals surface area contributed by atoms with E-state index in [-0.39, 0.29) is 6.61 Å². The van der Waals surface area contributed by atoms with Gasteiger partial charge in [-0.1, -0.05) is 12.1 Å². The highest BCUT2D eigenvalue weighted by atomic mass is 16.5. The second-order valence-corrected chi connectivity index (χ2v) is 3.94. The zero-order chi connectivity index (χ0) is 13.8. The van der Waals surface area contributed by atoms with Gasteiger partial charge >= 0.3 is 5.97 Å². The van der Waals surface area contributed by atoms with E-state index in [1.807, 2.05) is 17.6 Å². The lowest BCUT2D eigenvalue weighted by Crippen LogP contribution is -2.17. The van der Waals surface area contributed by atoms with Crippen molar-refractivity contribution in [3.8, 4) is 5.69 Å². The van der Waals surface area contributed by atoms with Crippen LogP contribution in [0.15, 0.2) is 36.7 Å². The molecule has 0 saturated heterocycles. The fourth-order valence-electron chi connectivity index (χ4n) is 1.76. The van der Waals surface area contributed by atoms with Crippen molar-refractivity contribution in [3.63, 3.8) is 0 Å². The van der Waals surface area contributed by atoms with Gasteiger partial charge in [-0.3, -0.25) is 4.79 Å². The Bertz CT molecular complexity index is 617. The number of aromatic nitrogens is 2. The maximum absolute atomic E-state index is 11.8. The van der Waals surface area contributed by atoms with E-state index in [1.165, 1.54) is 0 Å². The van der Waals surface area contributed by atoms with Crippen molar-refractivity contribution in [2.75, 3.05) is 6.61 Å². The molecule has 2 aromatic rings. The molecule has 1 aromatic heterocycles. The van der Waals surface area contributed by atoms with Crippen molar-refractivity contribution in [3.05, 3.63) is 48.0 Å². The number of nitrogens with zero attached hydrogens (tertiary/aromatic N) is 2. The van der Waals surface area contributed by atoms with Gasteiger partial charge in [0, 0.05) is 23.6 Å². The van der Waals surface area contributed by atoms with Crippen LogP contribution in [0.2, 0.25) is 0 Å². The molecule has 1 aromatic carbocycles. The molecule has 0 N–H and O–H groups in total. The molecule has 1 heterocycles. The lowest BCUT2D eigenvalue weighted by atomic mass is 10.1. The van der Waals surface area contributed by atoms with Gasteiger partial charge in [0.1, 0.15) is 5.82 Å². The Morgan fingerprint density at radius 1 is 1.37 bits per heavy atom. The molecule has 19 heavy (non-hydrogen) atoms. The number of esters is 1. The summed E-state index contributed by atoms with van der Waals surface area (Å²) in [7, 11) is 0. The zero-order valence-corrected chi connectivity index (χ0v) is 10.8. The Labute approximate surface area is 110 Å². The highest BCUT2D eigenvalue weighted by Gasteiger charge is 2.17. The van der Waals surface area contributed by atoms with Crippen molar-refractivity contribution in [1.82, 2.24) is 9.55 Å². The van der Waals surface area contributed by atoms with E-state index in [0.717, 1.165) is 11.5 Å². The number of ether oxygens (including phenoxy) is 1. The summed E-state index contributed by atoms with van der Waals surface area (Å²) >= 11 is 0. The average Bonchev–Trinajstić information content (AvgIpc) is 2.84. The summed E-state index contributed by atoms with van der Waals surface area (Å²) in [5.41, 5.74) is 1.09. The summed E-state index contributed by atoms with van der Waals surface area (Å²) in [5, 5.41) is 0. The van der Waals surface area contributed by atoms with Crippen molar-refractivity contribution >= 4 is 11.8 Å². The standard InChI is InChI=1S/C14H14N2O3/c1-3-19-14(18)13(17)11-5-4-6-12(9-11)16-8-7-15-10(16)2/h4-9H,3H2,1-2H3. The third-order valence-electron chi connectivity index (χ3n) is 2.67. The fourth-order valence-corrected chi connectivity index (χ4v) is 1.76. The van der Waals surface area contributed by atoms with E-state index in [0.29, 0.717) is 5.56 Å². The molecule has 2 rings (SSSR count). The Morgan fingerprint density at radius 2 is 2.16 bits per heavy atom. The van der Waals surface area contributed by atoms with Gasteiger partial charge in [0.15, 0.2) is 0 Å². The van der Waals surface area contributed by atoms with Gasteiger partial charge in [-0.25, -0.2) is 9.78 Å². The molecule has 0 aliphatic rings. The lowest BCUT2D eigenvalue weighted by molar-refractivity contribution is -0.137. The van der Waals surface area contributed by atoms with Crippen LogP contribution in [0.3, 0.4) is 0 Å². The van der Waals surface area contributed by atoms with Crippen molar-refractivity contribution in [2.45, 2.75) is 13.8 Å². The van der Waals surface area contributed by atoms with Crippen LogP contribution < -0.4 is 0 Å². The maximum Gasteiger partial charge on any atom is 0.379 e. The number of hydrogen-bond donors (Lipinski definition) is 0. The Balaban J connectivity index is 2.32. The number of rotatable bonds is 4. The number of imidazole rings is 1. The third kappa shape index (κ3) is 2.70. The molecule has 0 bridgehead atoms. The van der Waals surface area contributed by atoms with Gasteiger partial charge in [-0.2, -0.15) is 0 Å². The minimum absolute atomic E-state index is 0.185. The molecule has 0 unspecified atom stereocenters. The van der Waals surface area contributed by atoms with Crippen LogP contribution in [0.1, 0.15) is 23.1 Å². The van der Waals surface area contributed by atoms with E-state index in [2.05, 4.69) is 4.98 Å². The van der Waals surface area contributed by atoms with Crippen molar-refractivity contribution in [2.24, 2.45) is 0 Å². The van der Waals surface area contributed by atoms with Crippen LogP contribution in [0.4, 0.5) is 0 Å². The lowest BCUT2D eigenvalue weighted by Gasteiger charge is -2.07. The second kappa shape index (κ2) is 5.48. The largest absolute Gasteiger partial charge is 0.460 e. The van der Waals surface area contributed by atoms with Gasteiger partial charge in [-0.15, -0.1) is 0 Å². The number of benzene rings is 1. The van der Waals surface area contributed by atoms with E-state index < -0.39 is 11.8 Å². The first-order valence-electron chi connectivity index (χ1n) is 5.95. The molecule has 0 atom stereocenters. The molecule has 98 valence electrons. The Morgan fingerprint density at radius 3 is 2.79 bits per heavy atom. The number of Topliss-reactive ketones (excluding diaryl/α,β-unsaturated/α-hetero) is 1. The van der Waals surface area contributed by atoms with Crippen LogP contribution in [0.5, 0.6) is 0 Å². The second-order valence-electron chi connectivity index (χ2n) is 3.94. The number of carbonyl (C=O) groups is 2. The Kier molecular flexibility index (Phi) is 3.75. The fraction of sp³-hybridized carbons (Fsp3) is 0.214. The van der Waals surface area contributed by atoms with Gasteiger partial charge in [0.25, 0.3) is 5.78 Å². The summed E-state index contributed by atoms with van der Waals surface area (Å²) in [6.07, 6.45) is 3.47. The minimum atomic E-state index is -0.831. The van der Waals surface area contributed by atoms with Crippen LogP contribution in [0.25, 0.3) is 5.69 Å². The summed E-state index contributed by atoms with van der Waals surface area (Å²) < 4.78 is 6.54. The summed E-state index contributed by atoms with van der Waals surface area (Å²) in [4.78, 5) is 27.4. The van der Waals surface area contributed by atoms with Gasteiger partial charge in [0.2, 0.25) is 0 Å². The summed E-state index contributed by atoms with van der Waals surface area (Å²) in [6, 6.07) is 6.81. The molecule has 0 amide bonds. The molecule has 0 aliphatic heterocycles. The molecule has 0 saturated carbocycles. The molecular formula is C14H14N2O3. The summed E-state index contributed by atoms with van der Waals surface area (Å²) in [6.45, 7) is 3.71. The summed E-state index contributed by atoms with van der Waals surface area (Å²) in [5.74, 6) is -0.663. The van der Waals surface area contributed by atoms with Gasteiger partial charge < -0.3 is 9.30 Å². The minimum Gasteiger partial charge on any atom is -0.460 e. The molecular weight excluding hydrogens is 244 g/mol. The topological polar surface area (TPSA) is 61.2 Å². The first kappa shape index (κ1) is 13.0. The van der Waals surface area contributed by atoms with Crippen molar-refractivity contribution in [1.29, 1.82) is 0 Å². The van der Waals surface area contributed by atoms with Gasteiger partial charge in [-0.05, 0) is 26.0 Å². The molecule has 0 fully saturated rings. The van der Waals surface area contributed by atoms with Crippen LogP contribution >= 0.6 is 0 Å². The van der Waals surface area contributed by atoms with Crippen LogP contribution in [-0.2, 0) is 9.53 Å². The van der Waals surface area contributed by atoms with Crippen LogP contribution in [-0.4, -0.2) is 27.9 Å². The Hall–Kier alpha value is -2.43. The smallest absolute Gasteiger partial charge is 0.379 e. The number of ketones is 1. The molecule has 0 spiro atoms. The normalized spacial score (nSPS) is 10.2. The first-order valence-corrected chi connectivity index (χ1v) is 5.95. The van der Waals surface area contributed by atoms with Gasteiger partial charge in [0.05, 0.1) is 6.61 Å². The predicted molar refractivity (Wildman–Crippen MR) is 69.3 cm³/mol. The first-order chi connectivity index (χ1) is 9.13. The maximum atomic E-state index is 11.8. The SMILES string of the molecule is CCOC(=O)C(=O)c1cccc(-n2ccnc2C)c1. The monoisotopic (exact) mass is 258 g/mol. The quantitative estimate of drug-likeness (QED) is 0.477. The number of aryl methyl sites for hydroxylation is 1. The number of hydrogen-bond acceptors (Lipinski definition) is 4. The molecule has 0 aliphatic carbocycles. The molecule has 5 nitrogen and oxygen atoms in total. The van der Waals surface area contributed by atoms with E-state index in [4.69, 9.17) is 4.74 Å². The van der Waals surface area contributed by atoms with E-state index in [1.54, 1.807) is 37.5 Å². The highest BCUT2D eigenvalue weighted by molar-refractivity contribution is 6.40. The number of carbonyl (C=O) groups excluding carboxylic acids is 2. The highest BCUT2D eigenvalue weighted by Crippen LogP contribution is 2.13. The predicted octanol–water partition coefficient (Wildman–Crippen LogP) is 1.93. The van der Waals surface area contributed by atoms with Crippen molar-refractivity contribution < 1.29 is 14.3 Å². The third-order valence-corrected chi connectivity index (χ3v) is 2.67. The van der Waals surface area contributed by atoms with E-state index in [9.17, 15) is 9.59 Å². The molecule has 0 radical (unpaired) electrons. The average molecular weight is 258 g/mol.